The first kappa shape index (κ1) is 26.8. The van der Waals surface area contributed by atoms with Gasteiger partial charge >= 0.3 is 6.03 Å². The third-order valence-electron chi connectivity index (χ3n) is 10.0. The van der Waals surface area contributed by atoms with Crippen LogP contribution in [0.1, 0.15) is 74.5 Å². The molecule has 2 amide bonds. The highest BCUT2D eigenvalue weighted by molar-refractivity contribution is 5.93. The Labute approximate surface area is 237 Å². The number of nitrogens with one attached hydrogen (secondary N) is 2. The minimum absolute atomic E-state index is 0.0591. The lowest BCUT2D eigenvalue weighted by molar-refractivity contribution is -0.114. The summed E-state index contributed by atoms with van der Waals surface area (Å²) >= 11 is 0. The molecule has 2 aromatic carbocycles. The van der Waals surface area contributed by atoms with Gasteiger partial charge in [0.05, 0.1) is 6.10 Å². The maximum Gasteiger partial charge on any atom is 0.315 e. The van der Waals surface area contributed by atoms with E-state index in [9.17, 15) is 14.7 Å². The van der Waals surface area contributed by atoms with Crippen LogP contribution < -0.4 is 10.6 Å². The average molecular weight is 537 g/mol. The summed E-state index contributed by atoms with van der Waals surface area (Å²) in [6, 6.07) is 18.5. The number of aliphatic hydroxyl groups is 1. The number of hydrogen-bond acceptors (Lipinski definition) is 3. The highest BCUT2D eigenvalue weighted by Gasteiger charge is 2.56. The second kappa shape index (κ2) is 11.2. The van der Waals surface area contributed by atoms with Crippen molar-refractivity contribution >= 4 is 17.9 Å². The number of ketones is 1. The summed E-state index contributed by atoms with van der Waals surface area (Å²) in [4.78, 5) is 24.3. The number of benzene rings is 2. The van der Waals surface area contributed by atoms with Crippen molar-refractivity contribution < 1.29 is 14.7 Å². The molecule has 208 valence electrons. The first-order chi connectivity index (χ1) is 19.4. The molecule has 0 spiro atoms. The van der Waals surface area contributed by atoms with E-state index in [0.717, 1.165) is 49.7 Å². The average Bonchev–Trinajstić information content (AvgIpc) is 3.28. The number of carbonyl (C=O) groups is 2. The van der Waals surface area contributed by atoms with Gasteiger partial charge in [0.25, 0.3) is 0 Å². The van der Waals surface area contributed by atoms with Gasteiger partial charge in [0, 0.05) is 25.4 Å². The van der Waals surface area contributed by atoms with Crippen molar-refractivity contribution in [2.24, 2.45) is 17.3 Å². The zero-order valence-electron chi connectivity index (χ0n) is 23.4. The van der Waals surface area contributed by atoms with Gasteiger partial charge in [0.2, 0.25) is 0 Å². The predicted octanol–water partition coefficient (Wildman–Crippen LogP) is 6.46. The number of amides is 2. The molecule has 5 nitrogen and oxygen atoms in total. The molecule has 2 saturated carbocycles. The van der Waals surface area contributed by atoms with Crippen molar-refractivity contribution in [3.05, 3.63) is 100 Å². The van der Waals surface area contributed by atoms with E-state index in [1.54, 1.807) is 5.57 Å². The van der Waals surface area contributed by atoms with Crippen molar-refractivity contribution in [2.45, 2.75) is 70.4 Å². The van der Waals surface area contributed by atoms with Gasteiger partial charge in [-0.2, -0.15) is 0 Å². The summed E-state index contributed by atoms with van der Waals surface area (Å²) in [5, 5.41) is 16.8. The number of urea groups is 1. The molecule has 2 unspecified atom stereocenters. The Morgan fingerprint density at radius 2 is 1.80 bits per heavy atom. The monoisotopic (exact) mass is 536 g/mol. The molecule has 4 aliphatic carbocycles. The maximum absolute atomic E-state index is 12.2. The van der Waals surface area contributed by atoms with Gasteiger partial charge in [-0.1, -0.05) is 79.2 Å². The van der Waals surface area contributed by atoms with Crippen LogP contribution in [0.5, 0.6) is 0 Å². The van der Waals surface area contributed by atoms with E-state index >= 15 is 0 Å². The molecule has 0 bridgehead atoms. The molecule has 0 heterocycles. The first-order valence-electron chi connectivity index (χ1n) is 14.9. The van der Waals surface area contributed by atoms with Gasteiger partial charge < -0.3 is 15.7 Å². The molecule has 40 heavy (non-hydrogen) atoms. The Kier molecular flexibility index (Phi) is 7.50. The Morgan fingerprint density at radius 1 is 1.00 bits per heavy atom. The van der Waals surface area contributed by atoms with E-state index in [0.29, 0.717) is 31.3 Å². The lowest BCUT2D eigenvalue weighted by Gasteiger charge is -2.52. The zero-order valence-corrected chi connectivity index (χ0v) is 23.4. The van der Waals surface area contributed by atoms with Gasteiger partial charge in [0.15, 0.2) is 5.78 Å². The molecule has 3 N–H and O–H groups in total. The summed E-state index contributed by atoms with van der Waals surface area (Å²) in [6.07, 6.45) is 12.2. The van der Waals surface area contributed by atoms with Gasteiger partial charge in [-0.3, -0.25) is 4.79 Å². The Balaban J connectivity index is 1.16. The fraction of sp³-hybridized carbons (Fsp3) is 0.429. The lowest BCUT2D eigenvalue weighted by Crippen LogP contribution is -2.45. The van der Waals surface area contributed by atoms with Crippen LogP contribution in [0, 0.1) is 17.3 Å². The largest absolute Gasteiger partial charge is 0.393 e. The summed E-state index contributed by atoms with van der Waals surface area (Å²) in [5.74, 6) is 1.57. The van der Waals surface area contributed by atoms with Gasteiger partial charge in [-0.15, -0.1) is 0 Å². The van der Waals surface area contributed by atoms with Crippen LogP contribution >= 0.6 is 0 Å². The Morgan fingerprint density at radius 3 is 2.60 bits per heavy atom. The van der Waals surface area contributed by atoms with Crippen LogP contribution in [0.25, 0.3) is 6.08 Å². The topological polar surface area (TPSA) is 78.4 Å². The molecule has 0 aliphatic heterocycles. The Hall–Kier alpha value is -3.44. The summed E-state index contributed by atoms with van der Waals surface area (Å²) in [7, 11) is 0. The van der Waals surface area contributed by atoms with E-state index in [1.807, 2.05) is 48.6 Å². The molecule has 5 heteroatoms. The number of allylic oxidation sites excluding steroid dienone is 4. The van der Waals surface area contributed by atoms with Crippen molar-refractivity contribution in [3.63, 3.8) is 0 Å². The fourth-order valence-electron chi connectivity index (χ4n) is 7.96. The van der Waals surface area contributed by atoms with Crippen LogP contribution in [0.4, 0.5) is 4.79 Å². The smallest absolute Gasteiger partial charge is 0.315 e. The zero-order chi connectivity index (χ0) is 27.7. The van der Waals surface area contributed by atoms with E-state index in [1.165, 1.54) is 16.7 Å². The second-order valence-corrected chi connectivity index (χ2v) is 12.3. The minimum Gasteiger partial charge on any atom is -0.393 e. The molecule has 0 saturated heterocycles. The van der Waals surface area contributed by atoms with E-state index < -0.39 is 0 Å². The van der Waals surface area contributed by atoms with Crippen molar-refractivity contribution in [2.75, 3.05) is 6.54 Å². The van der Waals surface area contributed by atoms with E-state index in [2.05, 4.69) is 41.8 Å². The summed E-state index contributed by atoms with van der Waals surface area (Å²) < 4.78 is 0. The predicted molar refractivity (Wildman–Crippen MR) is 158 cm³/mol. The standard InChI is InChI=1S/C35H40N2O3/c1-35-21-30(33-28-16-14-27(38)20-26(28)13-15-29(33)31(35)17-18-32(35)39)25-11-9-23(10-12-25)8-5-19-36-34(40)37-22-24-6-3-2-4-7-24/h2-12,20,29-32,39H,13-19,21-22H2,1H3,(H2,36,37,40)/b8-5+/t29?,30-,31?,32+,35+/m1/s1. The van der Waals surface area contributed by atoms with Crippen LogP contribution in [-0.2, 0) is 11.3 Å². The molecule has 4 aliphatic rings. The van der Waals surface area contributed by atoms with Gasteiger partial charge in [-0.25, -0.2) is 4.79 Å². The lowest BCUT2D eigenvalue weighted by atomic mass is 9.53. The molecule has 5 atom stereocenters. The van der Waals surface area contributed by atoms with Crippen molar-refractivity contribution in [1.82, 2.24) is 10.6 Å². The van der Waals surface area contributed by atoms with Crippen LogP contribution in [0.3, 0.4) is 0 Å². The molecular weight excluding hydrogens is 496 g/mol. The van der Waals surface area contributed by atoms with Crippen molar-refractivity contribution in [3.8, 4) is 0 Å². The number of fused-ring (bicyclic) bond motifs is 4. The Bertz CT molecular complexity index is 1360. The normalized spacial score (nSPS) is 29.4. The molecule has 2 fully saturated rings. The van der Waals surface area contributed by atoms with Crippen LogP contribution in [-0.4, -0.2) is 29.6 Å². The maximum atomic E-state index is 12.2. The summed E-state index contributed by atoms with van der Waals surface area (Å²) in [5.41, 5.74) is 7.70. The second-order valence-electron chi connectivity index (χ2n) is 12.3. The fourth-order valence-corrected chi connectivity index (χ4v) is 7.96. The highest BCUT2D eigenvalue weighted by atomic mass is 16.3. The first-order valence-corrected chi connectivity index (χ1v) is 14.9. The summed E-state index contributed by atoms with van der Waals surface area (Å²) in [6.45, 7) is 3.27. The van der Waals surface area contributed by atoms with Crippen LogP contribution in [0.15, 0.2) is 83.5 Å². The highest BCUT2D eigenvalue weighted by Crippen LogP contribution is 2.63. The molecular formula is C35H40N2O3. The molecule has 0 radical (unpaired) electrons. The molecule has 0 aromatic heterocycles. The molecule has 2 aromatic rings. The molecule has 6 rings (SSSR count). The number of carbonyl (C=O) groups excluding carboxylic acids is 2. The quantitative estimate of drug-likeness (QED) is 0.397. The third kappa shape index (κ3) is 5.19. The minimum atomic E-state index is -0.240. The van der Waals surface area contributed by atoms with Crippen molar-refractivity contribution in [1.29, 1.82) is 0 Å². The van der Waals surface area contributed by atoms with Gasteiger partial charge in [0.1, 0.15) is 0 Å². The van der Waals surface area contributed by atoms with E-state index in [4.69, 9.17) is 0 Å². The van der Waals surface area contributed by atoms with Crippen LogP contribution in [0.2, 0.25) is 0 Å². The van der Waals surface area contributed by atoms with Gasteiger partial charge in [-0.05, 0) is 89.7 Å². The number of rotatable bonds is 6. The van der Waals surface area contributed by atoms with E-state index in [-0.39, 0.29) is 29.3 Å². The SMILES string of the molecule is C[C@]12C[C@H](c3ccc(/C=C/CNC(=O)NCc4ccccc4)cc3)C3=C4CCC(=O)C=C4CCC3C1CC[C@@H]2O. The third-order valence-corrected chi connectivity index (χ3v) is 10.0. The number of hydrogen-bond donors (Lipinski definition) is 3. The number of aliphatic hydroxyl groups excluding tert-OH is 1.